The monoisotopic (exact) mass is 216 g/mol. The van der Waals surface area contributed by atoms with Gasteiger partial charge in [0.2, 0.25) is 0 Å². The molecule has 3 rings (SSSR count). The summed E-state index contributed by atoms with van der Waals surface area (Å²) >= 11 is 0. The van der Waals surface area contributed by atoms with Gasteiger partial charge in [-0.3, -0.25) is 4.90 Å². The Morgan fingerprint density at radius 3 is 2.69 bits per heavy atom. The first-order valence-corrected chi connectivity index (χ1v) is 6.36. The Bertz CT molecular complexity index is 369. The van der Waals surface area contributed by atoms with Crippen LogP contribution >= 0.6 is 0 Å². The molecule has 1 saturated carbocycles. The van der Waals surface area contributed by atoms with Crippen LogP contribution in [0, 0.1) is 5.92 Å². The maximum absolute atomic E-state index is 5.83. The van der Waals surface area contributed by atoms with Crippen molar-refractivity contribution in [2.45, 2.75) is 31.8 Å². The molecule has 0 aromatic heterocycles. The van der Waals surface area contributed by atoms with Gasteiger partial charge < -0.3 is 5.73 Å². The van der Waals surface area contributed by atoms with Crippen LogP contribution in [0.4, 0.5) is 0 Å². The topological polar surface area (TPSA) is 29.3 Å². The smallest absolute Gasteiger partial charge is 0.0236 e. The zero-order chi connectivity index (χ0) is 11.0. The van der Waals surface area contributed by atoms with Crippen molar-refractivity contribution in [3.05, 3.63) is 35.4 Å². The minimum Gasteiger partial charge on any atom is -0.328 e. The summed E-state index contributed by atoms with van der Waals surface area (Å²) < 4.78 is 0. The first-order valence-electron chi connectivity index (χ1n) is 6.36. The molecule has 1 heterocycles. The van der Waals surface area contributed by atoms with Crippen LogP contribution in [0.25, 0.3) is 0 Å². The normalized spacial score (nSPS) is 29.6. The molecule has 0 spiro atoms. The highest BCUT2D eigenvalue weighted by atomic mass is 15.1. The van der Waals surface area contributed by atoms with E-state index in [-0.39, 0.29) is 0 Å². The maximum atomic E-state index is 5.83. The molecule has 0 unspecified atom stereocenters. The van der Waals surface area contributed by atoms with E-state index in [9.17, 15) is 0 Å². The molecule has 86 valence electrons. The zero-order valence-electron chi connectivity index (χ0n) is 9.73. The molecule has 1 fully saturated rings. The average Bonchev–Trinajstić information content (AvgIpc) is 2.27. The van der Waals surface area contributed by atoms with Gasteiger partial charge in [-0.15, -0.1) is 0 Å². The molecule has 2 aliphatic rings. The van der Waals surface area contributed by atoms with Crippen molar-refractivity contribution < 1.29 is 0 Å². The van der Waals surface area contributed by atoms with Crippen molar-refractivity contribution in [2.24, 2.45) is 11.7 Å². The lowest BCUT2D eigenvalue weighted by molar-refractivity contribution is 0.150. The summed E-state index contributed by atoms with van der Waals surface area (Å²) in [6.45, 7) is 3.62. The predicted molar refractivity (Wildman–Crippen MR) is 66.1 cm³/mol. The maximum Gasteiger partial charge on any atom is 0.0236 e. The number of nitrogens with zero attached hydrogens (tertiary/aromatic N) is 1. The second-order valence-electron chi connectivity index (χ2n) is 5.35. The fourth-order valence-corrected chi connectivity index (χ4v) is 3.01. The Morgan fingerprint density at radius 2 is 1.94 bits per heavy atom. The van der Waals surface area contributed by atoms with Crippen molar-refractivity contribution in [2.75, 3.05) is 13.1 Å². The molecule has 1 aromatic carbocycles. The lowest BCUT2D eigenvalue weighted by Crippen LogP contribution is -2.44. The quantitative estimate of drug-likeness (QED) is 0.816. The van der Waals surface area contributed by atoms with Crippen LogP contribution in [0.5, 0.6) is 0 Å². The highest BCUT2D eigenvalue weighted by Crippen LogP contribution is 2.28. The Hall–Kier alpha value is -0.860. The fraction of sp³-hybridized carbons (Fsp3) is 0.571. The van der Waals surface area contributed by atoms with E-state index in [1.807, 2.05) is 0 Å². The molecular weight excluding hydrogens is 196 g/mol. The molecule has 0 saturated heterocycles. The molecule has 1 aromatic rings. The minimum atomic E-state index is 0.488. The van der Waals surface area contributed by atoms with Gasteiger partial charge in [0.25, 0.3) is 0 Å². The second kappa shape index (κ2) is 4.19. The van der Waals surface area contributed by atoms with Crippen LogP contribution in [-0.2, 0) is 13.0 Å². The molecule has 1 aliphatic heterocycles. The van der Waals surface area contributed by atoms with E-state index >= 15 is 0 Å². The van der Waals surface area contributed by atoms with E-state index in [0.717, 1.165) is 12.5 Å². The van der Waals surface area contributed by atoms with Crippen molar-refractivity contribution >= 4 is 0 Å². The van der Waals surface area contributed by atoms with Gasteiger partial charge in [0.15, 0.2) is 0 Å². The van der Waals surface area contributed by atoms with Crippen LogP contribution in [0.3, 0.4) is 0 Å². The molecule has 0 amide bonds. The zero-order valence-corrected chi connectivity index (χ0v) is 9.73. The third kappa shape index (κ3) is 2.00. The summed E-state index contributed by atoms with van der Waals surface area (Å²) in [5.74, 6) is 0.861. The van der Waals surface area contributed by atoms with Crippen LogP contribution in [0.15, 0.2) is 24.3 Å². The largest absolute Gasteiger partial charge is 0.328 e. The van der Waals surface area contributed by atoms with Gasteiger partial charge in [0.1, 0.15) is 0 Å². The second-order valence-corrected chi connectivity index (χ2v) is 5.35. The van der Waals surface area contributed by atoms with Gasteiger partial charge in [-0.05, 0) is 36.3 Å². The SMILES string of the molecule is NC1CC(CN2CCc3ccccc3C2)C1. The molecule has 0 bridgehead atoms. The number of benzene rings is 1. The van der Waals surface area contributed by atoms with Gasteiger partial charge >= 0.3 is 0 Å². The van der Waals surface area contributed by atoms with Crippen LogP contribution in [-0.4, -0.2) is 24.0 Å². The highest BCUT2D eigenvalue weighted by Gasteiger charge is 2.28. The third-order valence-electron chi connectivity index (χ3n) is 4.00. The molecule has 2 nitrogen and oxygen atoms in total. The molecule has 16 heavy (non-hydrogen) atoms. The summed E-state index contributed by atoms with van der Waals surface area (Å²) in [7, 11) is 0. The molecule has 0 radical (unpaired) electrons. The van der Waals surface area contributed by atoms with E-state index < -0.39 is 0 Å². The first kappa shape index (κ1) is 10.3. The number of rotatable bonds is 2. The number of nitrogens with two attached hydrogens (primary N) is 1. The lowest BCUT2D eigenvalue weighted by Gasteiger charge is -2.38. The predicted octanol–water partition coefficient (Wildman–Crippen LogP) is 1.78. The van der Waals surface area contributed by atoms with E-state index in [0.29, 0.717) is 6.04 Å². The Balaban J connectivity index is 1.60. The number of hydrogen-bond donors (Lipinski definition) is 1. The summed E-state index contributed by atoms with van der Waals surface area (Å²) in [5, 5.41) is 0. The Labute approximate surface area is 97.4 Å². The minimum absolute atomic E-state index is 0.488. The third-order valence-corrected chi connectivity index (χ3v) is 4.00. The van der Waals surface area contributed by atoms with Crippen LogP contribution < -0.4 is 5.73 Å². The van der Waals surface area contributed by atoms with Crippen LogP contribution in [0.1, 0.15) is 24.0 Å². The van der Waals surface area contributed by atoms with Crippen molar-refractivity contribution in [3.8, 4) is 0 Å². The van der Waals surface area contributed by atoms with Crippen LogP contribution in [0.2, 0.25) is 0 Å². The van der Waals surface area contributed by atoms with E-state index in [1.54, 1.807) is 5.56 Å². The van der Waals surface area contributed by atoms with Crippen molar-refractivity contribution in [1.82, 2.24) is 4.90 Å². The van der Waals surface area contributed by atoms with Gasteiger partial charge in [0.05, 0.1) is 0 Å². The number of hydrogen-bond acceptors (Lipinski definition) is 2. The number of fused-ring (bicyclic) bond motifs is 1. The summed E-state index contributed by atoms with van der Waals surface area (Å²) in [4.78, 5) is 2.60. The highest BCUT2D eigenvalue weighted by molar-refractivity contribution is 5.29. The first-order chi connectivity index (χ1) is 7.81. The van der Waals surface area contributed by atoms with Gasteiger partial charge in [-0.25, -0.2) is 0 Å². The summed E-state index contributed by atoms with van der Waals surface area (Å²) in [6, 6.07) is 9.34. The van der Waals surface area contributed by atoms with Crippen molar-refractivity contribution in [1.29, 1.82) is 0 Å². The van der Waals surface area contributed by atoms with Gasteiger partial charge in [-0.2, -0.15) is 0 Å². The average molecular weight is 216 g/mol. The molecule has 2 N–H and O–H groups in total. The molecule has 1 aliphatic carbocycles. The molecular formula is C14H20N2. The lowest BCUT2D eigenvalue weighted by atomic mass is 9.80. The Kier molecular flexibility index (Phi) is 2.70. The van der Waals surface area contributed by atoms with Gasteiger partial charge in [0, 0.05) is 25.7 Å². The molecule has 0 atom stereocenters. The fourth-order valence-electron chi connectivity index (χ4n) is 3.01. The van der Waals surface area contributed by atoms with E-state index in [4.69, 9.17) is 5.73 Å². The molecule has 2 heteroatoms. The standard InChI is InChI=1S/C14H20N2/c15-14-7-11(8-14)9-16-6-5-12-3-1-2-4-13(12)10-16/h1-4,11,14H,5-10,15H2. The Morgan fingerprint density at radius 1 is 1.19 bits per heavy atom. The van der Waals surface area contributed by atoms with E-state index in [1.165, 1.54) is 37.9 Å². The summed E-state index contributed by atoms with van der Waals surface area (Å²) in [5.41, 5.74) is 8.90. The van der Waals surface area contributed by atoms with Crippen molar-refractivity contribution in [3.63, 3.8) is 0 Å². The van der Waals surface area contributed by atoms with Gasteiger partial charge in [-0.1, -0.05) is 24.3 Å². The summed E-state index contributed by atoms with van der Waals surface area (Å²) in [6.07, 6.45) is 3.69. The van der Waals surface area contributed by atoms with E-state index in [2.05, 4.69) is 29.2 Å².